The van der Waals surface area contributed by atoms with Crippen LogP contribution in [0.25, 0.3) is 39.2 Å². The number of hydrogen-bond acceptors (Lipinski definition) is 8. The molecule has 2 aromatic heterocycles. The lowest BCUT2D eigenvalue weighted by atomic mass is 9.96. The number of nitrogens with zero attached hydrogens (tertiary/aromatic N) is 6. The SMILES string of the molecule is N#CC(C#N)=C1C(=Cc2nc3oc(-c4ccccc4)nc3s2)C(=C(C#N)C#N)c2ccccc21. The number of benzene rings is 2. The molecule has 0 saturated heterocycles. The van der Waals surface area contributed by atoms with Crippen molar-refractivity contribution in [1.82, 2.24) is 9.97 Å². The van der Waals surface area contributed by atoms with Crippen molar-refractivity contribution in [2.75, 3.05) is 0 Å². The van der Waals surface area contributed by atoms with Crippen LogP contribution in [0.4, 0.5) is 0 Å². The van der Waals surface area contributed by atoms with E-state index in [1.54, 1.807) is 30.3 Å². The minimum Gasteiger partial charge on any atom is -0.417 e. The first-order valence-electron chi connectivity index (χ1n) is 9.92. The minimum absolute atomic E-state index is 0.117. The summed E-state index contributed by atoms with van der Waals surface area (Å²) in [5, 5.41) is 39.0. The molecule has 0 spiro atoms. The molecule has 0 N–H and O–H groups in total. The number of aromatic nitrogens is 2. The molecule has 0 atom stereocenters. The van der Waals surface area contributed by atoms with Gasteiger partial charge in [-0.3, -0.25) is 0 Å². The Labute approximate surface area is 197 Å². The standard InChI is InChI=1S/C26H10N6OS/c27-11-16(12-28)22-18-8-4-5-9-19(18)23(17(13-29)14-30)20(22)10-21-31-25-26(34-21)32-24(33-25)15-6-2-1-3-7-15/h1-10H. The molecule has 1 aliphatic rings. The second-order valence-electron chi connectivity index (χ2n) is 7.10. The first-order valence-corrected chi connectivity index (χ1v) is 10.7. The highest BCUT2D eigenvalue weighted by Gasteiger charge is 2.32. The van der Waals surface area contributed by atoms with Crippen molar-refractivity contribution < 1.29 is 4.42 Å². The first kappa shape index (κ1) is 20.6. The van der Waals surface area contributed by atoms with Gasteiger partial charge < -0.3 is 4.42 Å². The third kappa shape index (κ3) is 3.25. The van der Waals surface area contributed by atoms with Crippen LogP contribution in [0.5, 0.6) is 0 Å². The van der Waals surface area contributed by atoms with Gasteiger partial charge in [-0.05, 0) is 34.9 Å². The first-order chi connectivity index (χ1) is 16.7. The van der Waals surface area contributed by atoms with Gasteiger partial charge in [0.25, 0.3) is 5.71 Å². The summed E-state index contributed by atoms with van der Waals surface area (Å²) < 4.78 is 5.82. The number of thiazole rings is 1. The molecule has 0 amide bonds. The van der Waals surface area contributed by atoms with Crippen LogP contribution in [-0.4, -0.2) is 9.97 Å². The van der Waals surface area contributed by atoms with Crippen LogP contribution in [0.15, 0.2) is 75.7 Å². The highest BCUT2D eigenvalue weighted by atomic mass is 32.1. The Morgan fingerprint density at radius 3 is 1.85 bits per heavy atom. The van der Waals surface area contributed by atoms with Crippen LogP contribution in [0.2, 0.25) is 0 Å². The minimum atomic E-state index is -0.117. The molecule has 0 bridgehead atoms. The highest BCUT2D eigenvalue weighted by molar-refractivity contribution is 7.18. The fourth-order valence-corrected chi connectivity index (χ4v) is 4.64. The van der Waals surface area contributed by atoms with Gasteiger partial charge in [-0.2, -0.15) is 31.0 Å². The summed E-state index contributed by atoms with van der Waals surface area (Å²) >= 11 is 1.27. The Morgan fingerprint density at radius 1 is 0.765 bits per heavy atom. The predicted octanol–water partition coefficient (Wildman–Crippen LogP) is 5.65. The van der Waals surface area contributed by atoms with Crippen molar-refractivity contribution in [2.24, 2.45) is 0 Å². The van der Waals surface area contributed by atoms with Crippen molar-refractivity contribution in [3.05, 3.63) is 87.5 Å². The summed E-state index contributed by atoms with van der Waals surface area (Å²) in [6.45, 7) is 0. The van der Waals surface area contributed by atoms with E-state index in [1.807, 2.05) is 54.6 Å². The molecule has 0 aliphatic heterocycles. The maximum Gasteiger partial charge on any atom is 0.259 e. The van der Waals surface area contributed by atoms with Crippen molar-refractivity contribution in [2.45, 2.75) is 0 Å². The molecule has 0 unspecified atom stereocenters. The number of allylic oxidation sites excluding steroid dienone is 5. The molecule has 2 heterocycles. The van der Waals surface area contributed by atoms with Gasteiger partial charge in [0.05, 0.1) is 0 Å². The third-order valence-electron chi connectivity index (χ3n) is 5.23. The molecule has 156 valence electrons. The molecule has 0 fully saturated rings. The van der Waals surface area contributed by atoms with Crippen LogP contribution in [0.3, 0.4) is 0 Å². The van der Waals surface area contributed by atoms with Gasteiger partial charge in [-0.15, -0.1) is 0 Å². The Morgan fingerprint density at radius 2 is 1.32 bits per heavy atom. The quantitative estimate of drug-likeness (QED) is 0.357. The number of nitriles is 4. The lowest BCUT2D eigenvalue weighted by Crippen LogP contribution is -1.89. The van der Waals surface area contributed by atoms with Gasteiger partial charge in [-0.25, -0.2) is 0 Å². The van der Waals surface area contributed by atoms with Gasteiger partial charge in [0.1, 0.15) is 40.4 Å². The van der Waals surface area contributed by atoms with Crippen LogP contribution in [0.1, 0.15) is 16.1 Å². The molecular formula is C26H10N6OS. The maximum atomic E-state index is 9.61. The van der Waals surface area contributed by atoms with E-state index in [2.05, 4.69) is 9.97 Å². The maximum absolute atomic E-state index is 9.61. The molecule has 2 aromatic carbocycles. The van der Waals surface area contributed by atoms with Crippen LogP contribution < -0.4 is 0 Å². The largest absolute Gasteiger partial charge is 0.417 e. The van der Waals surface area contributed by atoms with Crippen molar-refractivity contribution in [3.8, 4) is 35.7 Å². The zero-order valence-electron chi connectivity index (χ0n) is 17.3. The van der Waals surface area contributed by atoms with E-state index in [0.717, 1.165) is 5.56 Å². The van der Waals surface area contributed by atoms with E-state index < -0.39 is 0 Å². The molecule has 0 saturated carbocycles. The van der Waals surface area contributed by atoms with E-state index >= 15 is 0 Å². The second-order valence-corrected chi connectivity index (χ2v) is 8.11. The number of oxazole rings is 1. The molecular weight excluding hydrogens is 444 g/mol. The zero-order valence-corrected chi connectivity index (χ0v) is 18.1. The van der Waals surface area contributed by atoms with Crippen LogP contribution in [0, 0.1) is 45.3 Å². The number of hydrogen-bond donors (Lipinski definition) is 0. The average Bonchev–Trinajstić information content (AvgIpc) is 3.53. The van der Waals surface area contributed by atoms with Gasteiger partial charge in [0.2, 0.25) is 5.89 Å². The highest BCUT2D eigenvalue weighted by Crippen LogP contribution is 2.48. The Bertz CT molecular complexity index is 1610. The topological polar surface area (TPSA) is 134 Å². The molecule has 1 aliphatic carbocycles. The van der Waals surface area contributed by atoms with E-state index in [0.29, 0.717) is 49.3 Å². The molecule has 34 heavy (non-hydrogen) atoms. The van der Waals surface area contributed by atoms with Crippen LogP contribution in [-0.2, 0) is 0 Å². The molecule has 4 aromatic rings. The van der Waals surface area contributed by atoms with E-state index in [9.17, 15) is 21.0 Å². The molecule has 5 rings (SSSR count). The molecule has 8 heteroatoms. The molecule has 0 radical (unpaired) electrons. The summed E-state index contributed by atoms with van der Waals surface area (Å²) in [5.41, 5.74) is 3.30. The number of fused-ring (bicyclic) bond motifs is 2. The van der Waals surface area contributed by atoms with Crippen molar-refractivity contribution >= 4 is 39.1 Å². The van der Waals surface area contributed by atoms with Gasteiger partial charge in [-0.1, -0.05) is 53.8 Å². The normalized spacial score (nSPS) is 11.8. The summed E-state index contributed by atoms with van der Waals surface area (Å²) in [7, 11) is 0. The Hall–Kier alpha value is -5.28. The second kappa shape index (κ2) is 8.34. The van der Waals surface area contributed by atoms with Gasteiger partial charge >= 0.3 is 0 Å². The van der Waals surface area contributed by atoms with Crippen molar-refractivity contribution in [3.63, 3.8) is 0 Å². The smallest absolute Gasteiger partial charge is 0.259 e. The summed E-state index contributed by atoms with van der Waals surface area (Å²) in [4.78, 5) is 9.61. The van der Waals surface area contributed by atoms with E-state index in [4.69, 9.17) is 4.42 Å². The van der Waals surface area contributed by atoms with Gasteiger partial charge in [0.15, 0.2) is 4.83 Å². The Balaban J connectivity index is 1.73. The molecule has 7 nitrogen and oxygen atoms in total. The zero-order chi connectivity index (χ0) is 23.7. The fraction of sp³-hybridized carbons (Fsp3) is 0. The van der Waals surface area contributed by atoms with Crippen LogP contribution >= 0.6 is 11.3 Å². The summed E-state index contributed by atoms with van der Waals surface area (Å²) in [6.07, 6.45) is 1.66. The fourth-order valence-electron chi connectivity index (χ4n) is 3.84. The third-order valence-corrected chi connectivity index (χ3v) is 6.11. The summed E-state index contributed by atoms with van der Waals surface area (Å²) in [6, 6.07) is 24.3. The van der Waals surface area contributed by atoms with Gasteiger partial charge in [0, 0.05) is 16.7 Å². The summed E-state index contributed by atoms with van der Waals surface area (Å²) in [5.74, 6) is 0.454. The predicted molar refractivity (Wildman–Crippen MR) is 126 cm³/mol. The number of rotatable bonds is 2. The van der Waals surface area contributed by atoms with Crippen molar-refractivity contribution in [1.29, 1.82) is 21.0 Å². The van der Waals surface area contributed by atoms with E-state index in [1.165, 1.54) is 11.3 Å². The lowest BCUT2D eigenvalue weighted by molar-refractivity contribution is 0.608. The average molecular weight is 454 g/mol. The Kier molecular flexibility index (Phi) is 5.05. The monoisotopic (exact) mass is 454 g/mol. The lowest BCUT2D eigenvalue weighted by Gasteiger charge is -2.04. The van der Waals surface area contributed by atoms with E-state index in [-0.39, 0.29) is 11.1 Å².